The highest BCUT2D eigenvalue weighted by Gasteiger charge is 2.32. The molecule has 8 heteroatoms. The Kier molecular flexibility index (Phi) is 4.47. The fraction of sp³-hybridized carbons (Fsp3) is 0.421. The molecule has 2 aromatic heterocycles. The molecule has 8 nitrogen and oxygen atoms in total. The molecule has 1 amide bonds. The molecular weight excluding hydrogens is 344 g/mol. The first-order valence-corrected chi connectivity index (χ1v) is 9.20. The molecule has 4 rings (SSSR count). The molecule has 3 aromatic rings. The summed E-state index contributed by atoms with van der Waals surface area (Å²) in [6, 6.07) is 9.84. The number of fused-ring (bicyclic) bond motifs is 1. The fourth-order valence-electron chi connectivity index (χ4n) is 3.75. The predicted octanol–water partition coefficient (Wildman–Crippen LogP) is 1.62. The third kappa shape index (κ3) is 3.22. The zero-order valence-electron chi connectivity index (χ0n) is 15.4. The maximum Gasteiger partial charge on any atom is 0.281 e. The van der Waals surface area contributed by atoms with Crippen LogP contribution in [0.4, 0.5) is 0 Å². The first-order chi connectivity index (χ1) is 13.0. The number of aryl methyl sites for hydroxylation is 1. The highest BCUT2D eigenvalue weighted by atomic mass is 16.2. The molecule has 0 aliphatic carbocycles. The van der Waals surface area contributed by atoms with E-state index in [9.17, 15) is 9.59 Å². The Hall–Kier alpha value is -3.03. The van der Waals surface area contributed by atoms with E-state index in [2.05, 4.69) is 20.3 Å². The Labute approximate surface area is 156 Å². The van der Waals surface area contributed by atoms with Gasteiger partial charge in [0.15, 0.2) is 11.2 Å². The number of nitrogens with zero attached hydrogens (tertiary/aromatic N) is 5. The van der Waals surface area contributed by atoms with E-state index < -0.39 is 0 Å². The number of hydrogen-bond donors (Lipinski definition) is 1. The number of amides is 1. The lowest BCUT2D eigenvalue weighted by atomic mass is 9.99. The van der Waals surface area contributed by atoms with Crippen molar-refractivity contribution in [3.05, 3.63) is 52.1 Å². The second kappa shape index (κ2) is 6.94. The molecule has 27 heavy (non-hydrogen) atoms. The highest BCUT2D eigenvalue weighted by molar-refractivity contribution is 5.83. The van der Waals surface area contributed by atoms with Crippen LogP contribution < -0.4 is 5.56 Å². The van der Waals surface area contributed by atoms with Gasteiger partial charge in [-0.05, 0) is 32.3 Å². The molecule has 0 radical (unpaired) electrons. The summed E-state index contributed by atoms with van der Waals surface area (Å²) in [6.45, 7) is 4.90. The molecule has 2 atom stereocenters. The Morgan fingerprint density at radius 3 is 2.89 bits per heavy atom. The second-order valence-electron chi connectivity index (χ2n) is 7.06. The summed E-state index contributed by atoms with van der Waals surface area (Å²) in [5.74, 6) is 0.450. The summed E-state index contributed by atoms with van der Waals surface area (Å²) in [6.07, 6.45) is 1.86. The van der Waals surface area contributed by atoms with Gasteiger partial charge in [0.1, 0.15) is 5.82 Å². The molecule has 0 spiro atoms. The largest absolute Gasteiger partial charge is 0.337 e. The van der Waals surface area contributed by atoms with Gasteiger partial charge in [-0.1, -0.05) is 35.5 Å². The minimum absolute atomic E-state index is 0.0231. The van der Waals surface area contributed by atoms with Crippen LogP contribution in [0.15, 0.2) is 35.1 Å². The van der Waals surface area contributed by atoms with Crippen molar-refractivity contribution in [1.29, 1.82) is 0 Å². The van der Waals surface area contributed by atoms with Gasteiger partial charge in [-0.2, -0.15) is 0 Å². The van der Waals surface area contributed by atoms with Gasteiger partial charge >= 0.3 is 0 Å². The number of aromatic nitrogens is 5. The molecule has 140 valence electrons. The maximum atomic E-state index is 13.1. The van der Waals surface area contributed by atoms with Crippen molar-refractivity contribution >= 4 is 17.1 Å². The van der Waals surface area contributed by atoms with Gasteiger partial charge in [-0.15, -0.1) is 5.10 Å². The summed E-state index contributed by atoms with van der Waals surface area (Å²) in [5, 5.41) is 8.06. The van der Waals surface area contributed by atoms with Crippen LogP contribution in [-0.2, 0) is 11.3 Å². The number of benzene rings is 1. The van der Waals surface area contributed by atoms with Crippen molar-refractivity contribution in [1.82, 2.24) is 29.9 Å². The highest BCUT2D eigenvalue weighted by Crippen LogP contribution is 2.25. The van der Waals surface area contributed by atoms with E-state index in [4.69, 9.17) is 0 Å². The van der Waals surface area contributed by atoms with Crippen molar-refractivity contribution in [2.24, 2.45) is 0 Å². The molecule has 3 heterocycles. The van der Waals surface area contributed by atoms with E-state index in [1.54, 1.807) is 11.6 Å². The van der Waals surface area contributed by atoms with E-state index in [-0.39, 0.29) is 28.9 Å². The molecule has 0 bridgehead atoms. The summed E-state index contributed by atoms with van der Waals surface area (Å²) in [7, 11) is 0. The van der Waals surface area contributed by atoms with Crippen LogP contribution >= 0.6 is 0 Å². The quantitative estimate of drug-likeness (QED) is 0.757. The lowest BCUT2D eigenvalue weighted by Crippen LogP contribution is -2.40. The summed E-state index contributed by atoms with van der Waals surface area (Å²) >= 11 is 0. The van der Waals surface area contributed by atoms with Gasteiger partial charge in [0.25, 0.3) is 5.56 Å². The van der Waals surface area contributed by atoms with E-state index >= 15 is 0 Å². The Bertz CT molecular complexity index is 1030. The van der Waals surface area contributed by atoms with Crippen LogP contribution in [0.1, 0.15) is 37.1 Å². The normalized spacial score (nSPS) is 18.1. The molecule has 1 saturated heterocycles. The third-order valence-electron chi connectivity index (χ3n) is 5.21. The number of carbonyl (C=O) groups is 1. The van der Waals surface area contributed by atoms with Gasteiger partial charge in [-0.3, -0.25) is 9.59 Å². The SMILES string of the molecule is Cc1nc2c(nnn2C[C@H]2CCCN2C(=O)C(C)c2ccccc2)c(=O)[nH]1. The van der Waals surface area contributed by atoms with Crippen molar-refractivity contribution in [2.75, 3.05) is 6.54 Å². The maximum absolute atomic E-state index is 13.1. The number of rotatable bonds is 4. The number of aromatic amines is 1. The van der Waals surface area contributed by atoms with E-state index in [0.717, 1.165) is 24.9 Å². The monoisotopic (exact) mass is 366 g/mol. The van der Waals surface area contributed by atoms with Crippen molar-refractivity contribution in [3.63, 3.8) is 0 Å². The number of hydrogen-bond acceptors (Lipinski definition) is 5. The molecule has 1 N–H and O–H groups in total. The Morgan fingerprint density at radius 1 is 1.33 bits per heavy atom. The van der Waals surface area contributed by atoms with Gasteiger partial charge in [0, 0.05) is 6.54 Å². The molecule has 1 aromatic carbocycles. The smallest absolute Gasteiger partial charge is 0.281 e. The topological polar surface area (TPSA) is 96.8 Å². The van der Waals surface area contributed by atoms with Gasteiger partial charge < -0.3 is 9.88 Å². The van der Waals surface area contributed by atoms with Crippen molar-refractivity contribution in [2.45, 2.75) is 45.2 Å². The first-order valence-electron chi connectivity index (χ1n) is 9.20. The fourth-order valence-corrected chi connectivity index (χ4v) is 3.75. The van der Waals surface area contributed by atoms with E-state index in [1.165, 1.54) is 0 Å². The van der Waals surface area contributed by atoms with Crippen LogP contribution in [0.5, 0.6) is 0 Å². The molecular formula is C19H22N6O2. The van der Waals surface area contributed by atoms with Crippen LogP contribution in [-0.4, -0.2) is 48.4 Å². The molecule has 1 unspecified atom stereocenters. The summed E-state index contributed by atoms with van der Waals surface area (Å²) < 4.78 is 1.64. The predicted molar refractivity (Wildman–Crippen MR) is 100 cm³/mol. The average molecular weight is 366 g/mol. The third-order valence-corrected chi connectivity index (χ3v) is 5.21. The first kappa shape index (κ1) is 17.4. The zero-order valence-corrected chi connectivity index (χ0v) is 15.4. The van der Waals surface area contributed by atoms with Gasteiger partial charge in [0.2, 0.25) is 5.91 Å². The van der Waals surface area contributed by atoms with Crippen molar-refractivity contribution < 1.29 is 4.79 Å². The lowest BCUT2D eigenvalue weighted by Gasteiger charge is -2.27. The van der Waals surface area contributed by atoms with Gasteiger partial charge in [-0.25, -0.2) is 9.67 Å². The Morgan fingerprint density at radius 2 is 2.11 bits per heavy atom. The number of likely N-dealkylation sites (tertiary alicyclic amines) is 1. The number of nitrogens with one attached hydrogen (secondary N) is 1. The second-order valence-corrected chi connectivity index (χ2v) is 7.06. The van der Waals surface area contributed by atoms with Crippen LogP contribution in [0.3, 0.4) is 0 Å². The zero-order chi connectivity index (χ0) is 19.0. The van der Waals surface area contributed by atoms with Crippen LogP contribution in [0, 0.1) is 6.92 Å². The summed E-state index contributed by atoms with van der Waals surface area (Å²) in [5.41, 5.74) is 1.42. The molecule has 1 fully saturated rings. The molecule has 1 aliphatic rings. The van der Waals surface area contributed by atoms with Gasteiger partial charge in [0.05, 0.1) is 18.5 Å². The number of carbonyl (C=O) groups excluding carboxylic acids is 1. The van der Waals surface area contributed by atoms with E-state index in [1.807, 2.05) is 42.2 Å². The Balaban J connectivity index is 1.57. The molecule has 1 aliphatic heterocycles. The minimum Gasteiger partial charge on any atom is -0.337 e. The standard InChI is InChI=1S/C19H22N6O2/c1-12(14-7-4-3-5-8-14)19(27)24-10-6-9-15(24)11-25-17-16(22-23-25)18(26)21-13(2)20-17/h3-5,7-8,12,15H,6,9-11H2,1-2H3,(H,20,21,26)/t12?,15-/m1/s1. The summed E-state index contributed by atoms with van der Waals surface area (Å²) in [4.78, 5) is 34.0. The molecule has 0 saturated carbocycles. The lowest BCUT2D eigenvalue weighted by molar-refractivity contribution is -0.133. The van der Waals surface area contributed by atoms with E-state index in [0.29, 0.717) is 18.0 Å². The van der Waals surface area contributed by atoms with Crippen molar-refractivity contribution in [3.8, 4) is 0 Å². The number of H-pyrrole nitrogens is 1. The van der Waals surface area contributed by atoms with Crippen LogP contribution in [0.2, 0.25) is 0 Å². The average Bonchev–Trinajstić information content (AvgIpc) is 3.29. The van der Waals surface area contributed by atoms with Crippen LogP contribution in [0.25, 0.3) is 11.2 Å². The minimum atomic E-state index is -0.291.